The SMILES string of the molecule is CC(CC(C)OC1OC(CO)C(O)C(O)C1O)OC(=O)C=Cc1ccc(O)cc1. The first-order valence-electron chi connectivity index (χ1n) is 9.35. The molecule has 29 heavy (non-hydrogen) atoms. The van der Waals surface area contributed by atoms with Crippen molar-refractivity contribution in [3.8, 4) is 5.75 Å². The number of aromatic hydroxyl groups is 1. The van der Waals surface area contributed by atoms with E-state index in [1.54, 1.807) is 32.1 Å². The van der Waals surface area contributed by atoms with Gasteiger partial charge in [-0.2, -0.15) is 0 Å². The van der Waals surface area contributed by atoms with Crippen molar-refractivity contribution < 1.29 is 44.5 Å². The Balaban J connectivity index is 1.81. The average Bonchev–Trinajstić information content (AvgIpc) is 2.67. The van der Waals surface area contributed by atoms with Crippen LogP contribution in [0.2, 0.25) is 0 Å². The standard InChI is InChI=1S/C20H28O9/c1-11(27-16(23)8-5-13-3-6-14(22)7-4-13)9-12(2)28-20-19(26)18(25)17(24)15(10-21)29-20/h3-8,11-12,15,17-22,24-26H,9-10H2,1-2H3. The summed E-state index contributed by atoms with van der Waals surface area (Å²) in [5, 5.41) is 48.0. The molecule has 1 saturated heterocycles. The second kappa shape index (κ2) is 10.7. The van der Waals surface area contributed by atoms with Gasteiger partial charge in [-0.25, -0.2) is 4.79 Å². The third-order valence-electron chi connectivity index (χ3n) is 4.50. The fourth-order valence-electron chi connectivity index (χ4n) is 2.97. The van der Waals surface area contributed by atoms with Gasteiger partial charge in [0.05, 0.1) is 12.7 Å². The van der Waals surface area contributed by atoms with Crippen LogP contribution < -0.4 is 0 Å². The van der Waals surface area contributed by atoms with Crippen molar-refractivity contribution >= 4 is 12.0 Å². The monoisotopic (exact) mass is 412 g/mol. The molecule has 1 heterocycles. The summed E-state index contributed by atoms with van der Waals surface area (Å²) in [5.74, 6) is -0.419. The van der Waals surface area contributed by atoms with Crippen molar-refractivity contribution in [3.63, 3.8) is 0 Å². The minimum absolute atomic E-state index is 0.131. The molecule has 0 amide bonds. The summed E-state index contributed by atoms with van der Waals surface area (Å²) in [6.07, 6.45) is -4.65. The molecule has 1 fully saturated rings. The molecule has 0 radical (unpaired) electrons. The first-order valence-corrected chi connectivity index (χ1v) is 9.35. The molecule has 1 aliphatic rings. The van der Waals surface area contributed by atoms with Crippen molar-refractivity contribution in [2.24, 2.45) is 0 Å². The van der Waals surface area contributed by atoms with Crippen LogP contribution in [0.4, 0.5) is 0 Å². The van der Waals surface area contributed by atoms with E-state index in [0.717, 1.165) is 5.56 Å². The van der Waals surface area contributed by atoms with E-state index in [2.05, 4.69) is 0 Å². The number of esters is 1. The van der Waals surface area contributed by atoms with Gasteiger partial charge in [0.1, 0.15) is 36.3 Å². The zero-order valence-electron chi connectivity index (χ0n) is 16.3. The van der Waals surface area contributed by atoms with Crippen LogP contribution >= 0.6 is 0 Å². The van der Waals surface area contributed by atoms with E-state index < -0.39 is 55.5 Å². The minimum atomic E-state index is -1.52. The fourth-order valence-corrected chi connectivity index (χ4v) is 2.97. The molecule has 1 aliphatic heterocycles. The maximum Gasteiger partial charge on any atom is 0.331 e. The predicted octanol–water partition coefficient (Wildman–Crippen LogP) is -0.0678. The Labute approximate surface area is 168 Å². The highest BCUT2D eigenvalue weighted by Gasteiger charge is 2.44. The van der Waals surface area contributed by atoms with Gasteiger partial charge < -0.3 is 39.7 Å². The molecule has 0 saturated carbocycles. The summed E-state index contributed by atoms with van der Waals surface area (Å²) in [6.45, 7) is 2.82. The topological polar surface area (TPSA) is 146 Å². The Morgan fingerprint density at radius 1 is 1.10 bits per heavy atom. The predicted molar refractivity (Wildman–Crippen MR) is 102 cm³/mol. The summed E-state index contributed by atoms with van der Waals surface area (Å²) in [5.41, 5.74) is 0.728. The molecule has 9 heteroatoms. The lowest BCUT2D eigenvalue weighted by molar-refractivity contribution is -0.311. The first kappa shape index (κ1) is 23.3. The zero-order valence-corrected chi connectivity index (χ0v) is 16.3. The van der Waals surface area contributed by atoms with Gasteiger partial charge in [-0.05, 0) is 37.6 Å². The van der Waals surface area contributed by atoms with Gasteiger partial charge >= 0.3 is 5.97 Å². The molecule has 0 bridgehead atoms. The summed E-state index contributed by atoms with van der Waals surface area (Å²) >= 11 is 0. The van der Waals surface area contributed by atoms with Gasteiger partial charge in [-0.1, -0.05) is 12.1 Å². The molecule has 1 aromatic carbocycles. The number of carbonyl (C=O) groups is 1. The lowest BCUT2D eigenvalue weighted by atomic mass is 9.99. The van der Waals surface area contributed by atoms with E-state index in [1.165, 1.54) is 18.2 Å². The van der Waals surface area contributed by atoms with Gasteiger partial charge in [0.15, 0.2) is 6.29 Å². The number of rotatable bonds is 8. The third kappa shape index (κ3) is 6.77. The summed E-state index contributed by atoms with van der Waals surface area (Å²) in [7, 11) is 0. The normalized spacial score (nSPS) is 29.5. The second-order valence-corrected chi connectivity index (χ2v) is 7.05. The molecular weight excluding hydrogens is 384 g/mol. The number of aliphatic hydroxyl groups is 4. The fraction of sp³-hybridized carbons (Fsp3) is 0.550. The number of ether oxygens (including phenoxy) is 3. The molecule has 0 spiro atoms. The highest BCUT2D eigenvalue weighted by Crippen LogP contribution is 2.24. The van der Waals surface area contributed by atoms with E-state index in [4.69, 9.17) is 14.2 Å². The molecule has 7 atom stereocenters. The number of hydrogen-bond acceptors (Lipinski definition) is 9. The van der Waals surface area contributed by atoms with Crippen LogP contribution in [0.3, 0.4) is 0 Å². The van der Waals surface area contributed by atoms with Crippen LogP contribution in [0.15, 0.2) is 30.3 Å². The molecule has 2 rings (SSSR count). The quantitative estimate of drug-likeness (QED) is 0.292. The Morgan fingerprint density at radius 2 is 1.76 bits per heavy atom. The molecule has 9 nitrogen and oxygen atoms in total. The van der Waals surface area contributed by atoms with Crippen molar-refractivity contribution in [1.29, 1.82) is 0 Å². The molecular formula is C20H28O9. The van der Waals surface area contributed by atoms with Crippen LogP contribution in [0.25, 0.3) is 6.08 Å². The third-order valence-corrected chi connectivity index (χ3v) is 4.50. The van der Waals surface area contributed by atoms with E-state index in [0.29, 0.717) is 0 Å². The minimum Gasteiger partial charge on any atom is -0.508 e. The number of carbonyl (C=O) groups excluding carboxylic acids is 1. The van der Waals surface area contributed by atoms with Crippen molar-refractivity contribution in [1.82, 2.24) is 0 Å². The lowest BCUT2D eigenvalue weighted by Gasteiger charge is -2.40. The number of phenols is 1. The van der Waals surface area contributed by atoms with Crippen LogP contribution in [-0.2, 0) is 19.0 Å². The van der Waals surface area contributed by atoms with Gasteiger partial charge in [0, 0.05) is 12.5 Å². The molecule has 1 aromatic rings. The van der Waals surface area contributed by atoms with Crippen LogP contribution in [0.5, 0.6) is 5.75 Å². The number of hydrogen-bond donors (Lipinski definition) is 5. The molecule has 0 aromatic heterocycles. The van der Waals surface area contributed by atoms with Gasteiger partial charge in [0.25, 0.3) is 0 Å². The van der Waals surface area contributed by atoms with E-state index in [-0.39, 0.29) is 12.2 Å². The maximum atomic E-state index is 11.9. The molecule has 7 unspecified atom stereocenters. The van der Waals surface area contributed by atoms with Crippen LogP contribution in [-0.4, -0.2) is 81.0 Å². The van der Waals surface area contributed by atoms with E-state index in [1.807, 2.05) is 0 Å². The maximum absolute atomic E-state index is 11.9. The number of benzene rings is 1. The Kier molecular flexibility index (Phi) is 8.57. The molecule has 162 valence electrons. The van der Waals surface area contributed by atoms with E-state index in [9.17, 15) is 30.3 Å². The lowest BCUT2D eigenvalue weighted by Crippen LogP contribution is -2.59. The molecule has 0 aliphatic carbocycles. The molecule has 5 N–H and O–H groups in total. The summed E-state index contributed by atoms with van der Waals surface area (Å²) in [6, 6.07) is 6.31. The van der Waals surface area contributed by atoms with Crippen molar-refractivity contribution in [2.75, 3.05) is 6.61 Å². The average molecular weight is 412 g/mol. The van der Waals surface area contributed by atoms with Crippen LogP contribution in [0, 0.1) is 0 Å². The number of phenolic OH excluding ortho intramolecular Hbond substituents is 1. The van der Waals surface area contributed by atoms with E-state index >= 15 is 0 Å². The number of aliphatic hydroxyl groups excluding tert-OH is 4. The smallest absolute Gasteiger partial charge is 0.331 e. The van der Waals surface area contributed by atoms with Crippen molar-refractivity contribution in [2.45, 2.75) is 63.2 Å². The summed E-state index contributed by atoms with van der Waals surface area (Å²) < 4.78 is 16.1. The van der Waals surface area contributed by atoms with Crippen molar-refractivity contribution in [3.05, 3.63) is 35.9 Å². The summed E-state index contributed by atoms with van der Waals surface area (Å²) in [4.78, 5) is 11.9. The Morgan fingerprint density at radius 3 is 2.38 bits per heavy atom. The van der Waals surface area contributed by atoms with Gasteiger partial charge in [-0.15, -0.1) is 0 Å². The van der Waals surface area contributed by atoms with Gasteiger partial charge in [-0.3, -0.25) is 0 Å². The largest absolute Gasteiger partial charge is 0.508 e. The Bertz CT molecular complexity index is 673. The highest BCUT2D eigenvalue weighted by molar-refractivity contribution is 5.87. The zero-order chi connectivity index (χ0) is 21.6. The first-order chi connectivity index (χ1) is 13.7. The van der Waals surface area contributed by atoms with Crippen LogP contribution in [0.1, 0.15) is 25.8 Å². The second-order valence-electron chi connectivity index (χ2n) is 7.05. The highest BCUT2D eigenvalue weighted by atomic mass is 16.7. The Hall–Kier alpha value is -2.01. The van der Waals surface area contributed by atoms with Gasteiger partial charge in [0.2, 0.25) is 0 Å².